The van der Waals surface area contributed by atoms with Crippen molar-refractivity contribution in [2.75, 3.05) is 0 Å². The summed E-state index contributed by atoms with van der Waals surface area (Å²) < 4.78 is 5.76. The first-order valence-corrected chi connectivity index (χ1v) is 5.32. The van der Waals surface area contributed by atoms with Crippen LogP contribution in [0.5, 0.6) is 0 Å². The minimum absolute atomic E-state index is 0.111. The van der Waals surface area contributed by atoms with Crippen LogP contribution in [-0.2, 0) is 4.74 Å². The Labute approximate surface area is 95.9 Å². The van der Waals surface area contributed by atoms with E-state index in [1.807, 2.05) is 49.4 Å². The van der Waals surface area contributed by atoms with Gasteiger partial charge in [0, 0.05) is 5.56 Å². The summed E-state index contributed by atoms with van der Waals surface area (Å²) in [5.41, 5.74) is 2.09. The molecule has 0 aliphatic carbocycles. The summed E-state index contributed by atoms with van der Waals surface area (Å²) >= 11 is 0. The highest BCUT2D eigenvalue weighted by atomic mass is 16.5. The minimum Gasteiger partial charge on any atom is -0.464 e. The molecule has 1 aromatic carbocycles. The van der Waals surface area contributed by atoms with Crippen LogP contribution in [0.15, 0.2) is 66.6 Å². The Morgan fingerprint density at radius 1 is 1.31 bits per heavy atom. The van der Waals surface area contributed by atoms with Gasteiger partial charge in [0.05, 0.1) is 5.70 Å². The van der Waals surface area contributed by atoms with Gasteiger partial charge in [0.1, 0.15) is 5.76 Å². The van der Waals surface area contributed by atoms with Gasteiger partial charge in [0.2, 0.25) is 0 Å². The molecule has 0 fully saturated rings. The molecule has 1 N–H and O–H groups in total. The topological polar surface area (TPSA) is 21.3 Å². The number of rotatable bonds is 3. The standard InChI is InChI=1S/C14H15NO/c1-3-8-12-13(4-2)16-14(15-12)11-9-6-5-7-10-11/h3-10,14-15H,2H2,1H3/b8-3-. The van der Waals surface area contributed by atoms with E-state index < -0.39 is 0 Å². The first-order valence-electron chi connectivity index (χ1n) is 5.32. The molecular weight excluding hydrogens is 198 g/mol. The van der Waals surface area contributed by atoms with Gasteiger partial charge < -0.3 is 10.1 Å². The molecule has 1 aliphatic rings. The van der Waals surface area contributed by atoms with E-state index in [2.05, 4.69) is 11.9 Å². The largest absolute Gasteiger partial charge is 0.464 e. The Bertz CT molecular complexity index is 431. The SMILES string of the molecule is C=CC1=C(/C=C\C)NC(c2ccccc2)O1. The van der Waals surface area contributed by atoms with Gasteiger partial charge in [-0.05, 0) is 19.1 Å². The van der Waals surface area contributed by atoms with E-state index in [1.165, 1.54) is 0 Å². The van der Waals surface area contributed by atoms with Gasteiger partial charge >= 0.3 is 0 Å². The Morgan fingerprint density at radius 3 is 2.69 bits per heavy atom. The Balaban J connectivity index is 2.19. The molecule has 0 spiro atoms. The molecule has 1 aliphatic heterocycles. The molecule has 1 heterocycles. The van der Waals surface area contributed by atoms with E-state index >= 15 is 0 Å². The van der Waals surface area contributed by atoms with Crippen molar-refractivity contribution in [3.63, 3.8) is 0 Å². The fraction of sp³-hybridized carbons (Fsp3) is 0.143. The lowest BCUT2D eigenvalue weighted by Crippen LogP contribution is -2.14. The van der Waals surface area contributed by atoms with Crippen LogP contribution in [0.4, 0.5) is 0 Å². The van der Waals surface area contributed by atoms with E-state index in [9.17, 15) is 0 Å². The quantitative estimate of drug-likeness (QED) is 0.832. The van der Waals surface area contributed by atoms with Crippen molar-refractivity contribution in [2.24, 2.45) is 0 Å². The van der Waals surface area contributed by atoms with Crippen LogP contribution in [-0.4, -0.2) is 0 Å². The average Bonchev–Trinajstić information content (AvgIpc) is 2.74. The van der Waals surface area contributed by atoms with Gasteiger partial charge in [-0.15, -0.1) is 0 Å². The summed E-state index contributed by atoms with van der Waals surface area (Å²) in [6, 6.07) is 10.1. The second kappa shape index (κ2) is 4.71. The molecule has 0 radical (unpaired) electrons. The molecule has 1 unspecified atom stereocenters. The molecule has 82 valence electrons. The Hall–Kier alpha value is -1.96. The molecule has 2 heteroatoms. The third-order valence-electron chi connectivity index (χ3n) is 2.42. The number of benzene rings is 1. The van der Waals surface area contributed by atoms with Gasteiger partial charge in [-0.3, -0.25) is 0 Å². The second-order valence-electron chi connectivity index (χ2n) is 3.53. The van der Waals surface area contributed by atoms with Gasteiger partial charge in [-0.1, -0.05) is 43.0 Å². The van der Waals surface area contributed by atoms with Crippen LogP contribution < -0.4 is 5.32 Å². The third kappa shape index (κ3) is 2.01. The molecule has 1 atom stereocenters. The summed E-state index contributed by atoms with van der Waals surface area (Å²) in [7, 11) is 0. The maximum atomic E-state index is 5.76. The zero-order valence-electron chi connectivity index (χ0n) is 9.31. The highest BCUT2D eigenvalue weighted by Gasteiger charge is 2.22. The molecule has 0 bridgehead atoms. The summed E-state index contributed by atoms with van der Waals surface area (Å²) in [5, 5.41) is 3.31. The predicted octanol–water partition coefficient (Wildman–Crippen LogP) is 3.28. The van der Waals surface area contributed by atoms with Crippen molar-refractivity contribution >= 4 is 0 Å². The van der Waals surface area contributed by atoms with E-state index in [0.29, 0.717) is 0 Å². The maximum absolute atomic E-state index is 5.76. The van der Waals surface area contributed by atoms with Crippen molar-refractivity contribution < 1.29 is 4.74 Å². The molecule has 0 amide bonds. The number of nitrogens with one attached hydrogen (secondary N) is 1. The first kappa shape index (κ1) is 10.6. The van der Waals surface area contributed by atoms with Gasteiger partial charge in [-0.2, -0.15) is 0 Å². The second-order valence-corrected chi connectivity index (χ2v) is 3.53. The lowest BCUT2D eigenvalue weighted by molar-refractivity contribution is 0.137. The van der Waals surface area contributed by atoms with E-state index in [0.717, 1.165) is 17.0 Å². The highest BCUT2D eigenvalue weighted by Crippen LogP contribution is 2.27. The lowest BCUT2D eigenvalue weighted by atomic mass is 10.2. The Morgan fingerprint density at radius 2 is 2.06 bits per heavy atom. The maximum Gasteiger partial charge on any atom is 0.196 e. The first-order chi connectivity index (χ1) is 7.85. The van der Waals surface area contributed by atoms with Gasteiger partial charge in [-0.25, -0.2) is 0 Å². The zero-order valence-corrected chi connectivity index (χ0v) is 9.31. The van der Waals surface area contributed by atoms with Crippen molar-refractivity contribution in [3.05, 3.63) is 72.2 Å². The minimum atomic E-state index is -0.111. The highest BCUT2D eigenvalue weighted by molar-refractivity contribution is 5.33. The molecule has 2 nitrogen and oxygen atoms in total. The monoisotopic (exact) mass is 213 g/mol. The number of hydrogen-bond donors (Lipinski definition) is 1. The number of allylic oxidation sites excluding steroid dienone is 3. The van der Waals surface area contributed by atoms with E-state index in [-0.39, 0.29) is 6.23 Å². The van der Waals surface area contributed by atoms with Crippen molar-refractivity contribution in [3.8, 4) is 0 Å². The average molecular weight is 213 g/mol. The molecule has 2 rings (SSSR count). The lowest BCUT2D eigenvalue weighted by Gasteiger charge is -2.12. The van der Waals surface area contributed by atoms with Crippen molar-refractivity contribution in [1.82, 2.24) is 5.32 Å². The molecular formula is C14H15NO. The van der Waals surface area contributed by atoms with Crippen LogP contribution in [0.2, 0.25) is 0 Å². The van der Waals surface area contributed by atoms with Crippen LogP contribution in [0.1, 0.15) is 18.7 Å². The summed E-state index contributed by atoms with van der Waals surface area (Å²) in [5.74, 6) is 0.798. The molecule has 0 saturated heterocycles. The van der Waals surface area contributed by atoms with Crippen molar-refractivity contribution in [2.45, 2.75) is 13.2 Å². The molecule has 1 aromatic rings. The van der Waals surface area contributed by atoms with Crippen LogP contribution in [0.3, 0.4) is 0 Å². The van der Waals surface area contributed by atoms with Crippen molar-refractivity contribution in [1.29, 1.82) is 0 Å². The van der Waals surface area contributed by atoms with E-state index in [1.54, 1.807) is 6.08 Å². The predicted molar refractivity (Wildman–Crippen MR) is 65.4 cm³/mol. The summed E-state index contributed by atoms with van der Waals surface area (Å²) in [6.07, 6.45) is 5.58. The van der Waals surface area contributed by atoms with Gasteiger partial charge in [0.15, 0.2) is 6.23 Å². The van der Waals surface area contributed by atoms with Crippen LogP contribution >= 0.6 is 0 Å². The van der Waals surface area contributed by atoms with E-state index in [4.69, 9.17) is 4.74 Å². The normalized spacial score (nSPS) is 19.7. The van der Waals surface area contributed by atoms with Crippen LogP contribution in [0.25, 0.3) is 0 Å². The molecule has 0 aromatic heterocycles. The molecule has 0 saturated carbocycles. The van der Waals surface area contributed by atoms with Crippen LogP contribution in [0, 0.1) is 0 Å². The number of ether oxygens (including phenoxy) is 1. The third-order valence-corrected chi connectivity index (χ3v) is 2.42. The molecule has 16 heavy (non-hydrogen) atoms. The fourth-order valence-corrected chi connectivity index (χ4v) is 1.67. The summed E-state index contributed by atoms with van der Waals surface area (Å²) in [6.45, 7) is 5.72. The fourth-order valence-electron chi connectivity index (χ4n) is 1.67. The summed E-state index contributed by atoms with van der Waals surface area (Å²) in [4.78, 5) is 0. The number of hydrogen-bond acceptors (Lipinski definition) is 2. The zero-order chi connectivity index (χ0) is 11.4. The van der Waals surface area contributed by atoms with Gasteiger partial charge in [0.25, 0.3) is 0 Å². The smallest absolute Gasteiger partial charge is 0.196 e. The Kier molecular flexibility index (Phi) is 3.10.